The Bertz CT molecular complexity index is 1550. The minimum atomic E-state index is -4.88. The van der Waals surface area contributed by atoms with E-state index in [1.54, 1.807) is 30.6 Å². The molecule has 1 unspecified atom stereocenters. The molecule has 0 aliphatic heterocycles. The van der Waals surface area contributed by atoms with Gasteiger partial charge in [0.15, 0.2) is 0 Å². The van der Waals surface area contributed by atoms with Crippen LogP contribution in [0.15, 0.2) is 79.3 Å². The topological polar surface area (TPSA) is 76.7 Å². The van der Waals surface area contributed by atoms with E-state index in [1.807, 2.05) is 30.3 Å². The lowest BCUT2D eigenvalue weighted by molar-refractivity contribution is -0.269. The second-order valence-corrected chi connectivity index (χ2v) is 8.67. The maximum atomic E-state index is 13.6. The molecule has 0 amide bonds. The van der Waals surface area contributed by atoms with Crippen LogP contribution in [0.2, 0.25) is 0 Å². The van der Waals surface area contributed by atoms with Crippen LogP contribution in [-0.2, 0) is 12.1 Å². The predicted molar refractivity (Wildman–Crippen MR) is 130 cm³/mol. The molecule has 0 spiro atoms. The highest BCUT2D eigenvalue weighted by Gasteiger charge is 2.55. The lowest BCUT2D eigenvalue weighted by atomic mass is 9.96. The van der Waals surface area contributed by atoms with Crippen molar-refractivity contribution in [1.29, 1.82) is 0 Å². The van der Waals surface area contributed by atoms with Crippen LogP contribution in [0.1, 0.15) is 24.6 Å². The molecule has 1 N–H and O–H groups in total. The molecule has 2 aromatic carbocycles. The Morgan fingerprint density at radius 3 is 2.43 bits per heavy atom. The minimum absolute atomic E-state index is 0.116. The Labute approximate surface area is 209 Å². The fraction of sp³-hybridized carbons (Fsp3) is 0.185. The molecule has 3 aromatic heterocycles. The Balaban J connectivity index is 1.56. The number of nitrogens with zero attached hydrogens (tertiary/aromatic N) is 5. The van der Waals surface area contributed by atoms with E-state index in [0.29, 0.717) is 11.2 Å². The van der Waals surface area contributed by atoms with Gasteiger partial charge in [0.2, 0.25) is 5.60 Å². The van der Waals surface area contributed by atoms with Gasteiger partial charge in [0.25, 0.3) is 0 Å². The van der Waals surface area contributed by atoms with Crippen molar-refractivity contribution < 1.29 is 22.7 Å². The van der Waals surface area contributed by atoms with Crippen LogP contribution in [0.5, 0.6) is 0 Å². The third-order valence-corrected chi connectivity index (χ3v) is 6.27. The highest BCUT2D eigenvalue weighted by atomic mass is 19.4. The van der Waals surface area contributed by atoms with E-state index in [4.69, 9.17) is 4.98 Å². The van der Waals surface area contributed by atoms with Crippen LogP contribution >= 0.6 is 0 Å². The van der Waals surface area contributed by atoms with Crippen LogP contribution in [0.25, 0.3) is 33.3 Å². The first-order chi connectivity index (χ1) is 17.7. The highest BCUT2D eigenvalue weighted by molar-refractivity contribution is 5.97. The molecule has 3 heterocycles. The molecule has 0 aliphatic carbocycles. The molecule has 0 saturated carbocycles. The summed E-state index contributed by atoms with van der Waals surface area (Å²) in [4.78, 5) is 8.96. The molecule has 37 heavy (non-hydrogen) atoms. The van der Waals surface area contributed by atoms with Gasteiger partial charge in [-0.25, -0.2) is 14.1 Å². The van der Waals surface area contributed by atoms with E-state index in [0.717, 1.165) is 33.8 Å². The molecule has 0 fully saturated rings. The number of hydrogen-bond donors (Lipinski definition) is 1. The van der Waals surface area contributed by atoms with Gasteiger partial charge in [0.05, 0.1) is 24.0 Å². The van der Waals surface area contributed by atoms with Crippen molar-refractivity contribution in [3.63, 3.8) is 0 Å². The van der Waals surface area contributed by atoms with Gasteiger partial charge in [-0.05, 0) is 59.5 Å². The van der Waals surface area contributed by atoms with Crippen LogP contribution in [0, 0.1) is 5.82 Å². The third-order valence-electron chi connectivity index (χ3n) is 6.27. The first-order valence-corrected chi connectivity index (χ1v) is 11.5. The van der Waals surface area contributed by atoms with Crippen molar-refractivity contribution in [2.75, 3.05) is 0 Å². The first-order valence-electron chi connectivity index (χ1n) is 11.5. The van der Waals surface area contributed by atoms with E-state index in [1.165, 1.54) is 23.7 Å². The van der Waals surface area contributed by atoms with Crippen LogP contribution < -0.4 is 0 Å². The molecule has 188 valence electrons. The zero-order valence-corrected chi connectivity index (χ0v) is 19.6. The average Bonchev–Trinajstić information content (AvgIpc) is 3.36. The Morgan fingerprint density at radius 1 is 0.973 bits per heavy atom. The molecule has 5 rings (SSSR count). The van der Waals surface area contributed by atoms with Crippen molar-refractivity contribution >= 4 is 10.9 Å². The second kappa shape index (κ2) is 9.36. The summed E-state index contributed by atoms with van der Waals surface area (Å²) in [5.74, 6) is -0.343. The van der Waals surface area contributed by atoms with E-state index in [9.17, 15) is 22.7 Å². The van der Waals surface area contributed by atoms with Crippen molar-refractivity contribution in [1.82, 2.24) is 25.0 Å². The van der Waals surface area contributed by atoms with E-state index < -0.39 is 23.9 Å². The van der Waals surface area contributed by atoms with E-state index in [-0.39, 0.29) is 12.4 Å². The smallest absolute Gasteiger partial charge is 0.375 e. The largest absolute Gasteiger partial charge is 0.423 e. The molecule has 1 atom stereocenters. The summed E-state index contributed by atoms with van der Waals surface area (Å²) in [6, 6.07) is 17.3. The van der Waals surface area contributed by atoms with Crippen LogP contribution in [0.3, 0.4) is 0 Å². The lowest BCUT2D eigenvalue weighted by Crippen LogP contribution is -2.42. The standard InChI is InChI=1S/C27H21F4N5O/c1-2-26(37,27(29,30)31)25-16-36(35-34-25)15-17-5-10-21-22(18-6-8-20(28)9-7-18)13-23(33-24(21)12-17)19-4-3-11-32-14-19/h3-14,16,37H,2,15H2,1H3. The van der Waals surface area contributed by atoms with Crippen LogP contribution in [0.4, 0.5) is 17.6 Å². The van der Waals surface area contributed by atoms with Crippen molar-refractivity contribution in [2.24, 2.45) is 0 Å². The number of benzene rings is 2. The number of aromatic nitrogens is 5. The summed E-state index contributed by atoms with van der Waals surface area (Å²) < 4.78 is 55.1. The predicted octanol–water partition coefficient (Wildman–Crippen LogP) is 5.90. The van der Waals surface area contributed by atoms with Crippen LogP contribution in [-0.4, -0.2) is 36.2 Å². The summed E-state index contributed by atoms with van der Waals surface area (Å²) in [6.45, 7) is 1.35. The Kier molecular flexibility index (Phi) is 6.20. The number of pyridine rings is 2. The summed E-state index contributed by atoms with van der Waals surface area (Å²) in [7, 11) is 0. The molecular weight excluding hydrogens is 486 g/mol. The molecule has 0 radical (unpaired) electrons. The number of aliphatic hydroxyl groups is 1. The summed E-state index contributed by atoms with van der Waals surface area (Å²) in [6.07, 6.45) is -1.01. The molecule has 0 aliphatic rings. The number of alkyl halides is 3. The van der Waals surface area contributed by atoms with Crippen molar-refractivity contribution in [3.05, 3.63) is 96.3 Å². The van der Waals surface area contributed by atoms with Gasteiger partial charge >= 0.3 is 6.18 Å². The van der Waals surface area contributed by atoms with Gasteiger partial charge in [0, 0.05) is 23.3 Å². The molecule has 0 saturated heterocycles. The summed E-state index contributed by atoms with van der Waals surface area (Å²) in [5.41, 5.74) is 0.840. The maximum absolute atomic E-state index is 13.6. The quantitative estimate of drug-likeness (QED) is 0.290. The maximum Gasteiger partial charge on any atom is 0.423 e. The average molecular weight is 507 g/mol. The second-order valence-electron chi connectivity index (χ2n) is 8.67. The first kappa shape index (κ1) is 24.5. The Hall–Kier alpha value is -4.18. The van der Waals surface area contributed by atoms with Gasteiger partial charge in [0.1, 0.15) is 11.5 Å². The van der Waals surface area contributed by atoms with Gasteiger partial charge in [-0.3, -0.25) is 4.98 Å². The Morgan fingerprint density at radius 2 is 1.76 bits per heavy atom. The molecular formula is C27H21F4N5O. The van der Waals surface area contributed by atoms with Gasteiger partial charge < -0.3 is 5.11 Å². The summed E-state index contributed by atoms with van der Waals surface area (Å²) >= 11 is 0. The molecule has 0 bridgehead atoms. The number of fused-ring (bicyclic) bond motifs is 1. The SMILES string of the molecule is CCC(O)(c1cn(Cc2ccc3c(-c4ccc(F)cc4)cc(-c4cccnc4)nc3c2)nn1)C(F)(F)F. The fourth-order valence-corrected chi connectivity index (χ4v) is 4.18. The minimum Gasteiger partial charge on any atom is -0.375 e. The highest BCUT2D eigenvalue weighted by Crippen LogP contribution is 2.40. The molecule has 6 nitrogen and oxygen atoms in total. The third kappa shape index (κ3) is 4.67. The summed E-state index contributed by atoms with van der Waals surface area (Å²) in [5, 5.41) is 18.4. The van der Waals surface area contributed by atoms with Crippen molar-refractivity contribution in [3.8, 4) is 22.4 Å². The van der Waals surface area contributed by atoms with Crippen molar-refractivity contribution in [2.45, 2.75) is 31.7 Å². The molecule has 10 heteroatoms. The number of halogens is 4. The van der Waals surface area contributed by atoms with Gasteiger partial charge in [-0.1, -0.05) is 36.4 Å². The zero-order valence-electron chi connectivity index (χ0n) is 19.6. The van der Waals surface area contributed by atoms with E-state index >= 15 is 0 Å². The normalized spacial score (nSPS) is 13.6. The number of rotatable bonds is 6. The molecule has 5 aromatic rings. The van der Waals surface area contributed by atoms with Gasteiger partial charge in [-0.2, -0.15) is 13.2 Å². The zero-order chi connectivity index (χ0) is 26.2. The van der Waals surface area contributed by atoms with E-state index in [2.05, 4.69) is 15.3 Å². The monoisotopic (exact) mass is 507 g/mol. The fourth-order valence-electron chi connectivity index (χ4n) is 4.18. The number of hydrogen-bond acceptors (Lipinski definition) is 5. The lowest BCUT2D eigenvalue weighted by Gasteiger charge is -2.26. The van der Waals surface area contributed by atoms with Gasteiger partial charge in [-0.15, -0.1) is 5.10 Å².